The van der Waals surface area contributed by atoms with Crippen molar-refractivity contribution in [2.45, 2.75) is 219 Å². The van der Waals surface area contributed by atoms with E-state index in [-0.39, 0.29) is 11.8 Å². The van der Waals surface area contributed by atoms with E-state index in [1.54, 1.807) is 0 Å². The Bertz CT molecular complexity index is 629. The average molecular weight is 645 g/mol. The van der Waals surface area contributed by atoms with Gasteiger partial charge < -0.3 is 10.6 Å². The fraction of sp³-hybridized carbons (Fsp3) is 0.857. The van der Waals surface area contributed by atoms with Crippen LogP contribution in [0.25, 0.3) is 0 Å². The van der Waals surface area contributed by atoms with E-state index in [4.69, 9.17) is 0 Å². The minimum atomic E-state index is 0.136. The van der Waals surface area contributed by atoms with Crippen molar-refractivity contribution in [2.24, 2.45) is 0 Å². The van der Waals surface area contributed by atoms with E-state index < -0.39 is 0 Å². The van der Waals surface area contributed by atoms with Gasteiger partial charge in [-0.25, -0.2) is 0 Å². The maximum atomic E-state index is 12.1. The topological polar surface area (TPSA) is 58.2 Å². The molecular weight excluding hydrogens is 564 g/mol. The highest BCUT2D eigenvalue weighted by atomic mass is 16.2. The van der Waals surface area contributed by atoms with Gasteiger partial charge in [-0.2, -0.15) is 0 Å². The number of amides is 2. The van der Waals surface area contributed by atoms with Crippen molar-refractivity contribution >= 4 is 11.8 Å². The maximum absolute atomic E-state index is 12.1. The number of carbonyl (C=O) groups excluding carboxylic acids is 2. The highest BCUT2D eigenvalue weighted by molar-refractivity contribution is 5.77. The molecule has 4 heteroatoms. The number of allylic oxidation sites excluding steroid dienone is 4. The molecule has 4 nitrogen and oxygen atoms in total. The molecule has 0 radical (unpaired) electrons. The van der Waals surface area contributed by atoms with E-state index in [0.717, 1.165) is 38.8 Å². The molecule has 0 saturated carbocycles. The van der Waals surface area contributed by atoms with Crippen molar-refractivity contribution in [3.8, 4) is 0 Å². The van der Waals surface area contributed by atoms with Gasteiger partial charge in [0.15, 0.2) is 0 Å². The van der Waals surface area contributed by atoms with E-state index in [1.807, 2.05) is 0 Å². The first-order valence-electron chi connectivity index (χ1n) is 20.5. The molecule has 0 bridgehead atoms. The summed E-state index contributed by atoms with van der Waals surface area (Å²) in [5.74, 6) is 0.273. The first-order chi connectivity index (χ1) is 22.7. The molecule has 0 aromatic carbocycles. The summed E-state index contributed by atoms with van der Waals surface area (Å²) in [7, 11) is 0. The Morgan fingerprint density at radius 2 is 0.609 bits per heavy atom. The van der Waals surface area contributed by atoms with Gasteiger partial charge in [-0.15, -0.1) is 0 Å². The number of hydrogen-bond acceptors (Lipinski definition) is 2. The van der Waals surface area contributed by atoms with Gasteiger partial charge in [-0.3, -0.25) is 9.59 Å². The summed E-state index contributed by atoms with van der Waals surface area (Å²) in [5, 5.41) is 6.11. The predicted molar refractivity (Wildman–Crippen MR) is 203 cm³/mol. The van der Waals surface area contributed by atoms with Gasteiger partial charge in [0, 0.05) is 25.9 Å². The minimum Gasteiger partial charge on any atom is -0.356 e. The Hall–Kier alpha value is -1.58. The highest BCUT2D eigenvalue weighted by Crippen LogP contribution is 2.11. The molecule has 270 valence electrons. The third kappa shape index (κ3) is 38.6. The molecule has 0 aromatic rings. The molecule has 0 aliphatic rings. The van der Waals surface area contributed by atoms with Crippen LogP contribution in [0.3, 0.4) is 0 Å². The molecule has 0 saturated heterocycles. The van der Waals surface area contributed by atoms with E-state index >= 15 is 0 Å². The molecule has 2 amide bonds. The van der Waals surface area contributed by atoms with Crippen LogP contribution in [-0.4, -0.2) is 24.9 Å². The molecule has 0 rings (SSSR count). The monoisotopic (exact) mass is 645 g/mol. The number of hydrogen-bond donors (Lipinski definition) is 2. The molecule has 0 atom stereocenters. The van der Waals surface area contributed by atoms with Crippen molar-refractivity contribution in [2.75, 3.05) is 13.1 Å². The number of unbranched alkanes of at least 4 members (excludes halogenated alkanes) is 25. The van der Waals surface area contributed by atoms with Crippen molar-refractivity contribution in [1.29, 1.82) is 0 Å². The molecule has 0 aromatic heterocycles. The number of nitrogens with one attached hydrogen (secondary N) is 2. The summed E-state index contributed by atoms with van der Waals surface area (Å²) in [6.45, 7) is 6.13. The van der Waals surface area contributed by atoms with Crippen LogP contribution in [0, 0.1) is 0 Å². The third-order valence-electron chi connectivity index (χ3n) is 9.08. The Morgan fingerprint density at radius 1 is 0.348 bits per heavy atom. The lowest BCUT2D eigenvalue weighted by atomic mass is 10.1. The van der Waals surface area contributed by atoms with E-state index in [0.29, 0.717) is 12.8 Å². The first kappa shape index (κ1) is 44.4. The van der Waals surface area contributed by atoms with Crippen LogP contribution in [0.5, 0.6) is 0 Å². The molecule has 0 spiro atoms. The van der Waals surface area contributed by atoms with Crippen LogP contribution < -0.4 is 10.6 Å². The van der Waals surface area contributed by atoms with Gasteiger partial charge >= 0.3 is 0 Å². The summed E-state index contributed by atoms with van der Waals surface area (Å²) in [6, 6.07) is 0. The smallest absolute Gasteiger partial charge is 0.219 e. The van der Waals surface area contributed by atoms with Crippen LogP contribution in [0.1, 0.15) is 219 Å². The second kappa shape index (κ2) is 39.6. The predicted octanol–water partition coefficient (Wildman–Crippen LogP) is 12.9. The standard InChI is InChI=1S/C42H80N2O2/c1-3-5-7-9-11-13-15-17-19-21-23-25-27-29-31-35-39-43-41(45)37-33-34-38-42(46)44-40-36-32-30-28-26-24-22-20-18-16-14-12-10-8-6-4-2/h17-20H,3-16,21-40H2,1-2H3,(H,43,45)(H,44,46). The van der Waals surface area contributed by atoms with Gasteiger partial charge in [-0.1, -0.05) is 154 Å². The van der Waals surface area contributed by atoms with Gasteiger partial charge in [0.25, 0.3) is 0 Å². The lowest BCUT2D eigenvalue weighted by molar-refractivity contribution is -0.123. The van der Waals surface area contributed by atoms with Crippen LogP contribution in [-0.2, 0) is 9.59 Å². The fourth-order valence-electron chi connectivity index (χ4n) is 5.95. The zero-order valence-electron chi connectivity index (χ0n) is 31.2. The second-order valence-electron chi connectivity index (χ2n) is 13.8. The second-order valence-corrected chi connectivity index (χ2v) is 13.8. The van der Waals surface area contributed by atoms with Crippen molar-refractivity contribution in [3.63, 3.8) is 0 Å². The van der Waals surface area contributed by atoms with Crippen LogP contribution >= 0.6 is 0 Å². The van der Waals surface area contributed by atoms with Gasteiger partial charge in [-0.05, 0) is 77.0 Å². The molecular formula is C42H80N2O2. The summed E-state index contributed by atoms with van der Waals surface area (Å²) in [5.41, 5.74) is 0. The zero-order chi connectivity index (χ0) is 33.4. The van der Waals surface area contributed by atoms with Crippen LogP contribution in [0.2, 0.25) is 0 Å². The number of carbonyl (C=O) groups is 2. The Balaban J connectivity index is 3.32. The highest BCUT2D eigenvalue weighted by Gasteiger charge is 2.04. The average Bonchev–Trinajstić information content (AvgIpc) is 3.06. The molecule has 0 heterocycles. The maximum Gasteiger partial charge on any atom is 0.219 e. The fourth-order valence-corrected chi connectivity index (χ4v) is 5.95. The van der Waals surface area contributed by atoms with Crippen LogP contribution in [0.15, 0.2) is 24.3 Å². The van der Waals surface area contributed by atoms with Crippen molar-refractivity contribution in [1.82, 2.24) is 10.6 Å². The lowest BCUT2D eigenvalue weighted by Crippen LogP contribution is -2.25. The molecule has 0 aliphatic carbocycles. The van der Waals surface area contributed by atoms with Gasteiger partial charge in [0.05, 0.1) is 0 Å². The SMILES string of the molecule is CCCCCCCCC=CCCCCCCCCNC(=O)CCCCC(=O)NCCCCCCCCC=CCCCCCCCC. The summed E-state index contributed by atoms with van der Waals surface area (Å²) < 4.78 is 0. The molecule has 0 aliphatic heterocycles. The minimum absolute atomic E-state index is 0.136. The largest absolute Gasteiger partial charge is 0.356 e. The Kier molecular flexibility index (Phi) is 38.2. The van der Waals surface area contributed by atoms with E-state index in [2.05, 4.69) is 48.8 Å². The Labute approximate surface area is 288 Å². The Morgan fingerprint density at radius 3 is 0.913 bits per heavy atom. The van der Waals surface area contributed by atoms with E-state index in [1.165, 1.54) is 167 Å². The summed E-state index contributed by atoms with van der Waals surface area (Å²) in [6.07, 6.45) is 48.7. The van der Waals surface area contributed by atoms with Crippen molar-refractivity contribution < 1.29 is 9.59 Å². The van der Waals surface area contributed by atoms with Gasteiger partial charge in [0.1, 0.15) is 0 Å². The quantitative estimate of drug-likeness (QED) is 0.0522. The molecule has 2 N–H and O–H groups in total. The zero-order valence-corrected chi connectivity index (χ0v) is 31.2. The van der Waals surface area contributed by atoms with Gasteiger partial charge in [0.2, 0.25) is 11.8 Å². The summed E-state index contributed by atoms with van der Waals surface area (Å²) >= 11 is 0. The normalized spacial score (nSPS) is 11.6. The van der Waals surface area contributed by atoms with Crippen LogP contribution in [0.4, 0.5) is 0 Å². The van der Waals surface area contributed by atoms with E-state index in [9.17, 15) is 9.59 Å². The summed E-state index contributed by atoms with van der Waals surface area (Å²) in [4.78, 5) is 24.1. The third-order valence-corrected chi connectivity index (χ3v) is 9.08. The number of rotatable bonds is 37. The molecule has 46 heavy (non-hydrogen) atoms. The molecule has 0 unspecified atom stereocenters. The molecule has 0 fully saturated rings. The first-order valence-corrected chi connectivity index (χ1v) is 20.5. The lowest BCUT2D eigenvalue weighted by Gasteiger charge is -2.07. The van der Waals surface area contributed by atoms with Crippen molar-refractivity contribution in [3.05, 3.63) is 24.3 Å².